The molecule has 8 heteroatoms. The van der Waals surface area contributed by atoms with E-state index in [1.165, 1.54) is 11.6 Å². The summed E-state index contributed by atoms with van der Waals surface area (Å²) >= 11 is 5.94. The number of halogens is 4. The van der Waals surface area contributed by atoms with Gasteiger partial charge in [-0.05, 0) is 19.1 Å². The highest BCUT2D eigenvalue weighted by Crippen LogP contribution is 2.27. The Balaban J connectivity index is 2.24. The lowest BCUT2D eigenvalue weighted by atomic mass is 10.1. The Hall–Kier alpha value is -1.73. The second-order valence-corrected chi connectivity index (χ2v) is 5.67. The van der Waals surface area contributed by atoms with Gasteiger partial charge in [0.1, 0.15) is 5.82 Å². The van der Waals surface area contributed by atoms with E-state index in [-0.39, 0.29) is 13.2 Å². The van der Waals surface area contributed by atoms with Crippen LogP contribution in [0.1, 0.15) is 13.3 Å². The van der Waals surface area contributed by atoms with Crippen LogP contribution in [-0.4, -0.2) is 33.7 Å². The normalized spacial score (nSPS) is 13.1. The fourth-order valence-corrected chi connectivity index (χ4v) is 2.43. The van der Waals surface area contributed by atoms with Gasteiger partial charge in [0.25, 0.3) is 0 Å². The van der Waals surface area contributed by atoms with Gasteiger partial charge in [-0.3, -0.25) is 0 Å². The van der Waals surface area contributed by atoms with Gasteiger partial charge in [-0.15, -0.1) is 0 Å². The maximum absolute atomic E-state index is 12.5. The van der Waals surface area contributed by atoms with E-state index in [1.54, 1.807) is 30.3 Å². The quantitative estimate of drug-likeness (QED) is 0.832. The Labute approximate surface area is 136 Å². The fraction of sp³-hybridized carbons (Fsp3) is 0.400. The molecule has 1 aromatic heterocycles. The van der Waals surface area contributed by atoms with Crippen molar-refractivity contribution in [1.29, 1.82) is 0 Å². The molecule has 4 nitrogen and oxygen atoms in total. The molecule has 1 unspecified atom stereocenters. The summed E-state index contributed by atoms with van der Waals surface area (Å²) in [5.41, 5.74) is 1.32. The monoisotopic (exact) mass is 347 g/mol. The summed E-state index contributed by atoms with van der Waals surface area (Å²) in [6.07, 6.45) is -5.20. The van der Waals surface area contributed by atoms with E-state index in [2.05, 4.69) is 10.4 Å². The summed E-state index contributed by atoms with van der Waals surface area (Å²) in [7, 11) is 0. The molecule has 0 aliphatic rings. The summed E-state index contributed by atoms with van der Waals surface area (Å²) in [5.74, 6) is 0.422. The molecule has 2 aromatic rings. The highest BCUT2D eigenvalue weighted by molar-refractivity contribution is 6.30. The Morgan fingerprint density at radius 1 is 1.35 bits per heavy atom. The zero-order chi connectivity index (χ0) is 17.0. The van der Waals surface area contributed by atoms with Gasteiger partial charge in [0.2, 0.25) is 0 Å². The molecule has 0 fully saturated rings. The van der Waals surface area contributed by atoms with Crippen LogP contribution >= 0.6 is 11.6 Å². The number of hydrogen-bond acceptors (Lipinski definition) is 3. The van der Waals surface area contributed by atoms with E-state index in [1.807, 2.05) is 0 Å². The summed E-state index contributed by atoms with van der Waals surface area (Å²) in [6.45, 7) is 1.46. The van der Waals surface area contributed by atoms with Crippen LogP contribution in [0.4, 0.5) is 19.0 Å². The average molecular weight is 348 g/mol. The molecule has 126 valence electrons. The lowest BCUT2D eigenvalue weighted by Crippen LogP contribution is -2.25. The maximum Gasteiger partial charge on any atom is 0.391 e. The third kappa shape index (κ3) is 5.14. The summed E-state index contributed by atoms with van der Waals surface area (Å²) in [5, 5.41) is 16.7. The first kappa shape index (κ1) is 17.6. The zero-order valence-corrected chi connectivity index (χ0v) is 13.2. The molecule has 0 aliphatic carbocycles. The van der Waals surface area contributed by atoms with E-state index in [9.17, 15) is 13.2 Å². The molecular weight excluding hydrogens is 331 g/mol. The summed E-state index contributed by atoms with van der Waals surface area (Å²) in [4.78, 5) is 0. The van der Waals surface area contributed by atoms with E-state index >= 15 is 0 Å². The van der Waals surface area contributed by atoms with Crippen molar-refractivity contribution in [2.45, 2.75) is 32.1 Å². The van der Waals surface area contributed by atoms with Crippen molar-refractivity contribution in [1.82, 2.24) is 9.78 Å². The van der Waals surface area contributed by atoms with Crippen molar-refractivity contribution < 1.29 is 18.3 Å². The molecule has 0 aliphatic heterocycles. The summed E-state index contributed by atoms with van der Waals surface area (Å²) in [6, 6.07) is 7.85. The number of rotatable bonds is 6. The Kier molecular flexibility index (Phi) is 5.54. The molecule has 2 N–H and O–H groups in total. The highest BCUT2D eigenvalue weighted by atomic mass is 35.5. The van der Waals surface area contributed by atoms with Crippen LogP contribution in [0.2, 0.25) is 5.02 Å². The number of aliphatic hydroxyl groups is 1. The number of aliphatic hydroxyl groups excluding tert-OH is 1. The fourth-order valence-electron chi connectivity index (χ4n) is 2.24. The molecule has 0 spiro atoms. The van der Waals surface area contributed by atoms with Gasteiger partial charge < -0.3 is 10.4 Å². The average Bonchev–Trinajstić information content (AvgIpc) is 2.80. The second kappa shape index (κ2) is 7.23. The number of anilines is 1. The number of aromatic nitrogens is 2. The highest BCUT2D eigenvalue weighted by Gasteiger charge is 2.30. The van der Waals surface area contributed by atoms with Crippen molar-refractivity contribution in [2.75, 3.05) is 11.9 Å². The SMILES string of the molecule is CC(CC(F)(F)F)Nc1cc(-c2cccc(Cl)c2)nn1CCO. The lowest BCUT2D eigenvalue weighted by Gasteiger charge is -2.17. The molecule has 0 bridgehead atoms. The van der Waals surface area contributed by atoms with Crippen molar-refractivity contribution in [3.8, 4) is 11.3 Å². The van der Waals surface area contributed by atoms with Crippen LogP contribution in [0.5, 0.6) is 0 Å². The Morgan fingerprint density at radius 2 is 2.09 bits per heavy atom. The number of hydrogen-bond donors (Lipinski definition) is 2. The van der Waals surface area contributed by atoms with Crippen LogP contribution in [-0.2, 0) is 6.54 Å². The third-order valence-corrected chi connectivity index (χ3v) is 3.38. The smallest absolute Gasteiger partial charge is 0.391 e. The van der Waals surface area contributed by atoms with E-state index in [0.717, 1.165) is 5.56 Å². The minimum Gasteiger partial charge on any atom is -0.394 e. The predicted molar refractivity (Wildman–Crippen MR) is 83.5 cm³/mol. The number of nitrogens with zero attached hydrogens (tertiary/aromatic N) is 2. The van der Waals surface area contributed by atoms with Gasteiger partial charge in [0, 0.05) is 22.7 Å². The van der Waals surface area contributed by atoms with Crippen LogP contribution in [0, 0.1) is 0 Å². The number of alkyl halides is 3. The molecule has 1 aromatic carbocycles. The molecule has 1 heterocycles. The summed E-state index contributed by atoms with van der Waals surface area (Å²) < 4.78 is 38.8. The van der Waals surface area contributed by atoms with Crippen LogP contribution in [0.15, 0.2) is 30.3 Å². The number of nitrogens with one attached hydrogen (secondary N) is 1. The molecule has 0 saturated heterocycles. The third-order valence-electron chi connectivity index (χ3n) is 3.14. The van der Waals surface area contributed by atoms with Gasteiger partial charge in [-0.25, -0.2) is 4.68 Å². The molecule has 0 radical (unpaired) electrons. The minimum atomic E-state index is -4.25. The minimum absolute atomic E-state index is 0.168. The first-order chi connectivity index (χ1) is 10.8. The standard InChI is InChI=1S/C15H17ClF3N3O/c1-10(9-15(17,18)19)20-14-8-13(21-22(14)5-6-23)11-3-2-4-12(16)7-11/h2-4,7-8,10,20,23H,5-6,9H2,1H3. The van der Waals surface area contributed by atoms with Crippen molar-refractivity contribution >= 4 is 17.4 Å². The first-order valence-electron chi connectivity index (χ1n) is 7.06. The van der Waals surface area contributed by atoms with Gasteiger partial charge in [0.15, 0.2) is 0 Å². The first-order valence-corrected chi connectivity index (χ1v) is 7.44. The van der Waals surface area contributed by atoms with E-state index in [0.29, 0.717) is 16.5 Å². The maximum atomic E-state index is 12.5. The van der Waals surface area contributed by atoms with Gasteiger partial charge >= 0.3 is 6.18 Å². The van der Waals surface area contributed by atoms with Crippen LogP contribution in [0.3, 0.4) is 0 Å². The van der Waals surface area contributed by atoms with Crippen LogP contribution < -0.4 is 5.32 Å². The Bertz CT molecular complexity index is 658. The molecule has 0 saturated carbocycles. The van der Waals surface area contributed by atoms with Gasteiger partial charge in [-0.2, -0.15) is 18.3 Å². The predicted octanol–water partition coefficient (Wildman–Crippen LogP) is 3.95. The lowest BCUT2D eigenvalue weighted by molar-refractivity contribution is -0.136. The zero-order valence-electron chi connectivity index (χ0n) is 12.4. The molecule has 2 rings (SSSR count). The Morgan fingerprint density at radius 3 is 2.70 bits per heavy atom. The van der Waals surface area contributed by atoms with Crippen molar-refractivity contribution in [3.63, 3.8) is 0 Å². The van der Waals surface area contributed by atoms with E-state index in [4.69, 9.17) is 16.7 Å². The van der Waals surface area contributed by atoms with Gasteiger partial charge in [-0.1, -0.05) is 23.7 Å². The molecule has 1 atom stereocenters. The molecule has 0 amide bonds. The van der Waals surface area contributed by atoms with Gasteiger partial charge in [0.05, 0.1) is 25.3 Å². The second-order valence-electron chi connectivity index (χ2n) is 5.24. The van der Waals surface area contributed by atoms with E-state index < -0.39 is 18.6 Å². The molecule has 23 heavy (non-hydrogen) atoms. The largest absolute Gasteiger partial charge is 0.394 e. The molecular formula is C15H17ClF3N3O. The van der Waals surface area contributed by atoms with Crippen molar-refractivity contribution in [3.05, 3.63) is 35.4 Å². The number of benzene rings is 1. The van der Waals surface area contributed by atoms with Crippen LogP contribution in [0.25, 0.3) is 11.3 Å². The van der Waals surface area contributed by atoms with Crippen molar-refractivity contribution in [2.24, 2.45) is 0 Å². The topological polar surface area (TPSA) is 50.1 Å².